The van der Waals surface area contributed by atoms with E-state index in [0.717, 1.165) is 17.6 Å². The quantitative estimate of drug-likeness (QED) is 0.766. The van der Waals surface area contributed by atoms with Gasteiger partial charge in [-0.1, -0.05) is 27.7 Å². The van der Waals surface area contributed by atoms with Crippen molar-refractivity contribution in [3.8, 4) is 0 Å². The van der Waals surface area contributed by atoms with E-state index in [9.17, 15) is 0 Å². The summed E-state index contributed by atoms with van der Waals surface area (Å²) in [6.45, 7) is 8.84. The van der Waals surface area contributed by atoms with Gasteiger partial charge >= 0.3 is 0 Å². The van der Waals surface area contributed by atoms with Gasteiger partial charge in [-0.2, -0.15) is 0 Å². The predicted molar refractivity (Wildman–Crippen MR) is 79.3 cm³/mol. The average molecular weight is 258 g/mol. The van der Waals surface area contributed by atoms with Crippen LogP contribution in [-0.4, -0.2) is 10.7 Å². The first kappa shape index (κ1) is 11.8. The Hall–Kier alpha value is -1.22. The molecule has 0 N–H and O–H groups in total. The summed E-state index contributed by atoms with van der Waals surface area (Å²) in [6, 6.07) is 4.24. The van der Waals surface area contributed by atoms with E-state index in [2.05, 4.69) is 39.8 Å². The van der Waals surface area contributed by atoms with Crippen molar-refractivity contribution in [1.29, 1.82) is 0 Å². The number of nitrogens with zero attached hydrogens (tertiary/aromatic N) is 2. The molecule has 0 fully saturated rings. The van der Waals surface area contributed by atoms with E-state index in [1.165, 1.54) is 21.0 Å². The molecule has 0 bridgehead atoms. The number of hydrogen-bond acceptors (Lipinski definition) is 3. The Morgan fingerprint density at radius 1 is 1.11 bits per heavy atom. The third kappa shape index (κ3) is 1.77. The van der Waals surface area contributed by atoms with E-state index in [-0.39, 0.29) is 0 Å². The van der Waals surface area contributed by atoms with E-state index in [1.807, 2.05) is 11.3 Å². The zero-order valence-electron chi connectivity index (χ0n) is 11.3. The van der Waals surface area contributed by atoms with Gasteiger partial charge in [0.25, 0.3) is 0 Å². The first-order valence-electron chi connectivity index (χ1n) is 6.56. The van der Waals surface area contributed by atoms with Crippen LogP contribution in [0.4, 0.5) is 5.69 Å². The summed E-state index contributed by atoms with van der Waals surface area (Å²) in [4.78, 5) is 9.48. The predicted octanol–water partition coefficient (Wildman–Crippen LogP) is 4.70. The van der Waals surface area contributed by atoms with Gasteiger partial charge in [-0.3, -0.25) is 4.99 Å². The summed E-state index contributed by atoms with van der Waals surface area (Å²) in [5.74, 6) is 1.04. The lowest BCUT2D eigenvalue weighted by atomic mass is 10.0. The fourth-order valence-electron chi connectivity index (χ4n) is 2.28. The summed E-state index contributed by atoms with van der Waals surface area (Å²) in [5.41, 5.74) is 4.99. The number of rotatable bonds is 2. The molecule has 3 heteroatoms. The van der Waals surface area contributed by atoms with Gasteiger partial charge in [0.1, 0.15) is 0 Å². The van der Waals surface area contributed by atoms with E-state index in [0.29, 0.717) is 11.8 Å². The second-order valence-electron chi connectivity index (χ2n) is 5.55. The topological polar surface area (TPSA) is 25.2 Å². The number of hydrogen-bond donors (Lipinski definition) is 0. The number of thiazole rings is 1. The highest BCUT2D eigenvalue weighted by Crippen LogP contribution is 2.38. The molecule has 0 aliphatic carbocycles. The van der Waals surface area contributed by atoms with Crippen LogP contribution in [0.15, 0.2) is 17.1 Å². The smallest absolute Gasteiger partial charge is 0.0964 e. The Bertz CT molecular complexity index is 635. The molecule has 0 saturated carbocycles. The SMILES string of the molecule is CC(C)C1=Nc2ccc3nc(C(C)C)sc3c2C1. The van der Waals surface area contributed by atoms with E-state index in [4.69, 9.17) is 9.98 Å². The van der Waals surface area contributed by atoms with Crippen LogP contribution >= 0.6 is 11.3 Å². The minimum Gasteiger partial charge on any atom is -0.257 e. The van der Waals surface area contributed by atoms with Gasteiger partial charge < -0.3 is 0 Å². The van der Waals surface area contributed by atoms with Crippen molar-refractivity contribution >= 4 is 33.0 Å². The Balaban J connectivity index is 2.12. The monoisotopic (exact) mass is 258 g/mol. The van der Waals surface area contributed by atoms with Gasteiger partial charge in [0.05, 0.1) is 20.9 Å². The maximum atomic E-state index is 4.75. The molecule has 3 rings (SSSR count). The highest BCUT2D eigenvalue weighted by Gasteiger charge is 2.21. The number of fused-ring (bicyclic) bond motifs is 3. The van der Waals surface area contributed by atoms with Crippen molar-refractivity contribution in [2.45, 2.75) is 40.0 Å². The zero-order chi connectivity index (χ0) is 12.9. The molecule has 1 aliphatic rings. The summed E-state index contributed by atoms with van der Waals surface area (Å²) in [6.07, 6.45) is 1.00. The molecule has 2 aromatic rings. The van der Waals surface area contributed by atoms with Crippen molar-refractivity contribution in [3.05, 3.63) is 22.7 Å². The lowest BCUT2D eigenvalue weighted by molar-refractivity contribution is 0.857. The minimum atomic E-state index is 0.505. The van der Waals surface area contributed by atoms with E-state index >= 15 is 0 Å². The fourth-order valence-corrected chi connectivity index (χ4v) is 3.39. The number of benzene rings is 1. The van der Waals surface area contributed by atoms with Crippen LogP contribution in [0.2, 0.25) is 0 Å². The summed E-state index contributed by atoms with van der Waals surface area (Å²) < 4.78 is 1.34. The first-order chi connectivity index (χ1) is 8.56. The van der Waals surface area contributed by atoms with Crippen molar-refractivity contribution < 1.29 is 0 Å². The third-order valence-corrected chi connectivity index (χ3v) is 4.87. The first-order valence-corrected chi connectivity index (χ1v) is 7.37. The molecule has 1 aromatic carbocycles. The van der Waals surface area contributed by atoms with Gasteiger partial charge in [0.2, 0.25) is 0 Å². The molecule has 0 spiro atoms. The van der Waals surface area contributed by atoms with Crippen molar-refractivity contribution in [2.75, 3.05) is 0 Å². The Labute approximate surface area is 112 Å². The van der Waals surface area contributed by atoms with Crippen LogP contribution in [0, 0.1) is 5.92 Å². The number of aromatic nitrogens is 1. The molecule has 0 radical (unpaired) electrons. The normalized spacial score (nSPS) is 14.7. The van der Waals surface area contributed by atoms with E-state index < -0.39 is 0 Å². The molecule has 1 aromatic heterocycles. The third-order valence-electron chi connectivity index (χ3n) is 3.43. The largest absolute Gasteiger partial charge is 0.257 e. The van der Waals surface area contributed by atoms with Crippen LogP contribution in [0.3, 0.4) is 0 Å². The Morgan fingerprint density at radius 2 is 1.89 bits per heavy atom. The summed E-state index contributed by atoms with van der Waals surface area (Å²) in [7, 11) is 0. The maximum Gasteiger partial charge on any atom is 0.0964 e. The molecular formula is C15H18N2S. The van der Waals surface area contributed by atoms with Crippen molar-refractivity contribution in [2.24, 2.45) is 10.9 Å². The maximum absolute atomic E-state index is 4.75. The van der Waals surface area contributed by atoms with Crippen LogP contribution in [-0.2, 0) is 6.42 Å². The molecule has 1 aliphatic heterocycles. The molecule has 18 heavy (non-hydrogen) atoms. The van der Waals surface area contributed by atoms with Gasteiger partial charge in [0, 0.05) is 23.6 Å². The molecule has 2 heterocycles. The molecule has 0 atom stereocenters. The molecule has 2 nitrogen and oxygen atoms in total. The number of aliphatic imine (C=N–C) groups is 1. The van der Waals surface area contributed by atoms with Gasteiger partial charge in [-0.05, 0) is 18.1 Å². The standard InChI is InChI=1S/C15H18N2S/c1-8(2)13-7-10-11(16-13)5-6-12-14(10)18-15(17-12)9(3)4/h5-6,8-9H,7H2,1-4H3. The highest BCUT2D eigenvalue weighted by molar-refractivity contribution is 7.18. The molecule has 0 unspecified atom stereocenters. The van der Waals surface area contributed by atoms with E-state index in [1.54, 1.807) is 0 Å². The molecular weight excluding hydrogens is 240 g/mol. The minimum absolute atomic E-state index is 0.505. The molecule has 0 amide bonds. The van der Waals surface area contributed by atoms with Gasteiger partial charge in [-0.25, -0.2) is 4.98 Å². The van der Waals surface area contributed by atoms with Crippen LogP contribution < -0.4 is 0 Å². The van der Waals surface area contributed by atoms with Crippen LogP contribution in [0.25, 0.3) is 10.2 Å². The van der Waals surface area contributed by atoms with Crippen LogP contribution in [0.1, 0.15) is 44.2 Å². The lowest BCUT2D eigenvalue weighted by Crippen LogP contribution is -2.06. The van der Waals surface area contributed by atoms with Crippen LogP contribution in [0.5, 0.6) is 0 Å². The van der Waals surface area contributed by atoms with Crippen molar-refractivity contribution in [3.63, 3.8) is 0 Å². The Kier molecular flexibility index (Phi) is 2.74. The summed E-state index contributed by atoms with van der Waals surface area (Å²) in [5, 5.41) is 1.23. The second kappa shape index (κ2) is 4.16. The Morgan fingerprint density at radius 3 is 2.56 bits per heavy atom. The molecule has 94 valence electrons. The van der Waals surface area contributed by atoms with Gasteiger partial charge in [-0.15, -0.1) is 11.3 Å². The fraction of sp³-hybridized carbons (Fsp3) is 0.467. The average Bonchev–Trinajstić information content (AvgIpc) is 2.91. The summed E-state index contributed by atoms with van der Waals surface area (Å²) >= 11 is 1.84. The van der Waals surface area contributed by atoms with Gasteiger partial charge in [0.15, 0.2) is 0 Å². The lowest BCUT2D eigenvalue weighted by Gasteiger charge is -2.02. The second-order valence-corrected chi connectivity index (χ2v) is 6.58. The zero-order valence-corrected chi connectivity index (χ0v) is 12.1. The van der Waals surface area contributed by atoms with Crippen molar-refractivity contribution in [1.82, 2.24) is 4.98 Å². The molecule has 0 saturated heterocycles. The highest BCUT2D eigenvalue weighted by atomic mass is 32.1.